The topological polar surface area (TPSA) is 64.4 Å². The first-order valence-electron chi connectivity index (χ1n) is 5.98. The fraction of sp³-hybridized carbons (Fsp3) is 0.286. The van der Waals surface area contributed by atoms with Crippen LogP contribution in [-0.4, -0.2) is 28.0 Å². The second kappa shape index (κ2) is 5.28. The summed E-state index contributed by atoms with van der Waals surface area (Å²) in [6.07, 6.45) is 0. The van der Waals surface area contributed by atoms with E-state index in [4.69, 9.17) is 4.74 Å². The van der Waals surface area contributed by atoms with Gasteiger partial charge in [0, 0.05) is 12.6 Å². The summed E-state index contributed by atoms with van der Waals surface area (Å²) < 4.78 is 7.23. The lowest BCUT2D eigenvalue weighted by Crippen LogP contribution is -2.05. The third-order valence-corrected chi connectivity index (χ3v) is 3.82. The number of hydrogen-bond acceptors (Lipinski definition) is 3. The molecule has 0 saturated heterocycles. The molecule has 1 heterocycles. The van der Waals surface area contributed by atoms with Gasteiger partial charge in [-0.25, -0.2) is 4.79 Å². The summed E-state index contributed by atoms with van der Waals surface area (Å²) in [6.45, 7) is 3.93. The van der Waals surface area contributed by atoms with E-state index in [9.17, 15) is 9.90 Å². The molecule has 1 aromatic heterocycles. The Bertz CT molecular complexity index is 692. The van der Waals surface area contributed by atoms with Crippen LogP contribution in [0.3, 0.4) is 0 Å². The van der Waals surface area contributed by atoms with Gasteiger partial charge in [0.05, 0.1) is 11.6 Å². The van der Waals surface area contributed by atoms with Gasteiger partial charge in [0.15, 0.2) is 5.69 Å². The average Bonchev–Trinajstić information content (AvgIpc) is 2.63. The van der Waals surface area contributed by atoms with E-state index in [1.54, 1.807) is 14.2 Å². The number of nitrogens with zero attached hydrogens (tertiary/aromatic N) is 2. The highest BCUT2D eigenvalue weighted by atomic mass is 79.9. The highest BCUT2D eigenvalue weighted by molar-refractivity contribution is 9.10. The van der Waals surface area contributed by atoms with Crippen molar-refractivity contribution in [1.82, 2.24) is 9.78 Å². The van der Waals surface area contributed by atoms with Crippen LogP contribution in [0.4, 0.5) is 0 Å². The van der Waals surface area contributed by atoms with Gasteiger partial charge in [-0.1, -0.05) is 6.07 Å². The van der Waals surface area contributed by atoms with Crippen LogP contribution in [0.1, 0.15) is 21.6 Å². The minimum atomic E-state index is -1.03. The standard InChI is InChI=1S/C14H15BrN2O3/c1-7-5-8(2)13(20-4)9(6-7)11-10(15)12(14(18)19)17(3)16-11/h5-6H,1-4H3,(H,18,19). The van der Waals surface area contributed by atoms with Gasteiger partial charge in [-0.2, -0.15) is 5.10 Å². The first kappa shape index (κ1) is 14.6. The average molecular weight is 339 g/mol. The zero-order valence-corrected chi connectivity index (χ0v) is 13.3. The quantitative estimate of drug-likeness (QED) is 0.933. The maximum absolute atomic E-state index is 11.3. The largest absolute Gasteiger partial charge is 0.496 e. The van der Waals surface area contributed by atoms with E-state index in [0.717, 1.165) is 16.7 Å². The smallest absolute Gasteiger partial charge is 0.355 e. The number of halogens is 1. The maximum Gasteiger partial charge on any atom is 0.355 e. The summed E-state index contributed by atoms with van der Waals surface area (Å²) in [4.78, 5) is 11.3. The van der Waals surface area contributed by atoms with E-state index in [0.29, 0.717) is 15.9 Å². The number of ether oxygens (including phenoxy) is 1. The summed E-state index contributed by atoms with van der Waals surface area (Å²) in [6, 6.07) is 3.95. The van der Waals surface area contributed by atoms with Crippen molar-refractivity contribution >= 4 is 21.9 Å². The normalized spacial score (nSPS) is 10.7. The van der Waals surface area contributed by atoms with Gasteiger partial charge in [0.25, 0.3) is 0 Å². The molecular weight excluding hydrogens is 324 g/mol. The molecule has 2 aromatic rings. The molecule has 1 aromatic carbocycles. The molecule has 0 amide bonds. The Hall–Kier alpha value is -1.82. The molecule has 0 radical (unpaired) electrons. The van der Waals surface area contributed by atoms with Crippen LogP contribution in [0.2, 0.25) is 0 Å². The Balaban J connectivity index is 2.75. The Morgan fingerprint density at radius 3 is 2.55 bits per heavy atom. The van der Waals surface area contributed by atoms with Crippen LogP contribution in [0.25, 0.3) is 11.3 Å². The van der Waals surface area contributed by atoms with Gasteiger partial charge >= 0.3 is 5.97 Å². The number of hydrogen-bond donors (Lipinski definition) is 1. The third kappa shape index (κ3) is 2.31. The number of rotatable bonds is 3. The van der Waals surface area contributed by atoms with Crippen LogP contribution >= 0.6 is 15.9 Å². The van der Waals surface area contributed by atoms with Crippen LogP contribution < -0.4 is 4.74 Å². The van der Waals surface area contributed by atoms with E-state index in [2.05, 4.69) is 21.0 Å². The highest BCUT2D eigenvalue weighted by Crippen LogP contribution is 2.38. The molecule has 0 unspecified atom stereocenters. The van der Waals surface area contributed by atoms with Gasteiger partial charge in [0.1, 0.15) is 11.4 Å². The molecule has 106 valence electrons. The van der Waals surface area contributed by atoms with Crippen LogP contribution in [-0.2, 0) is 7.05 Å². The number of aryl methyl sites for hydroxylation is 3. The Morgan fingerprint density at radius 1 is 1.40 bits per heavy atom. The zero-order valence-electron chi connectivity index (χ0n) is 11.7. The molecule has 0 saturated carbocycles. The highest BCUT2D eigenvalue weighted by Gasteiger charge is 2.23. The van der Waals surface area contributed by atoms with Crippen molar-refractivity contribution in [2.24, 2.45) is 7.05 Å². The van der Waals surface area contributed by atoms with Crippen LogP contribution in [0, 0.1) is 13.8 Å². The Morgan fingerprint density at radius 2 is 2.05 bits per heavy atom. The summed E-state index contributed by atoms with van der Waals surface area (Å²) >= 11 is 3.33. The van der Waals surface area contributed by atoms with Crippen molar-refractivity contribution in [3.05, 3.63) is 33.4 Å². The predicted octanol–water partition coefficient (Wildman–Crippen LogP) is 3.17. The molecule has 5 nitrogen and oxygen atoms in total. The van der Waals surface area contributed by atoms with E-state index >= 15 is 0 Å². The molecule has 0 atom stereocenters. The van der Waals surface area contributed by atoms with E-state index < -0.39 is 5.97 Å². The first-order valence-corrected chi connectivity index (χ1v) is 6.77. The van der Waals surface area contributed by atoms with Crippen molar-refractivity contribution in [2.75, 3.05) is 7.11 Å². The zero-order chi connectivity index (χ0) is 15.0. The second-order valence-electron chi connectivity index (χ2n) is 4.60. The van der Waals surface area contributed by atoms with Gasteiger partial charge in [-0.15, -0.1) is 0 Å². The summed E-state index contributed by atoms with van der Waals surface area (Å²) in [5.74, 6) is -0.326. The number of carboxylic acid groups (broad SMARTS) is 1. The number of methoxy groups -OCH3 is 1. The molecular formula is C14H15BrN2O3. The van der Waals surface area contributed by atoms with Crippen LogP contribution in [0.15, 0.2) is 16.6 Å². The lowest BCUT2D eigenvalue weighted by Gasteiger charge is -2.11. The molecule has 0 aliphatic rings. The fourth-order valence-electron chi connectivity index (χ4n) is 2.30. The Labute approximate surface area is 125 Å². The molecule has 0 spiro atoms. The molecule has 0 bridgehead atoms. The summed E-state index contributed by atoms with van der Waals surface area (Å²) in [5, 5.41) is 13.5. The number of benzene rings is 1. The van der Waals surface area contributed by atoms with Crippen molar-refractivity contribution in [3.63, 3.8) is 0 Å². The van der Waals surface area contributed by atoms with Crippen molar-refractivity contribution < 1.29 is 14.6 Å². The number of aromatic nitrogens is 2. The number of aromatic carboxylic acids is 1. The van der Waals surface area contributed by atoms with Crippen LogP contribution in [0.5, 0.6) is 5.75 Å². The molecule has 0 fully saturated rings. The molecule has 6 heteroatoms. The molecule has 1 N–H and O–H groups in total. The van der Waals surface area contributed by atoms with E-state index in [1.165, 1.54) is 4.68 Å². The van der Waals surface area contributed by atoms with Gasteiger partial charge in [-0.3, -0.25) is 4.68 Å². The molecule has 20 heavy (non-hydrogen) atoms. The van der Waals surface area contributed by atoms with Gasteiger partial charge in [-0.05, 0) is 47.0 Å². The molecule has 2 rings (SSSR count). The predicted molar refractivity (Wildman–Crippen MR) is 79.3 cm³/mol. The van der Waals surface area contributed by atoms with Gasteiger partial charge < -0.3 is 9.84 Å². The number of carboxylic acids is 1. The molecule has 0 aliphatic heterocycles. The third-order valence-electron chi connectivity index (χ3n) is 3.07. The van der Waals surface area contributed by atoms with Gasteiger partial charge in [0.2, 0.25) is 0 Å². The maximum atomic E-state index is 11.3. The monoisotopic (exact) mass is 338 g/mol. The van der Waals surface area contributed by atoms with Crippen molar-refractivity contribution in [1.29, 1.82) is 0 Å². The SMILES string of the molecule is COc1c(C)cc(C)cc1-c1nn(C)c(C(=O)O)c1Br. The molecule has 0 aliphatic carbocycles. The first-order chi connectivity index (χ1) is 9.36. The van der Waals surface area contributed by atoms with Crippen molar-refractivity contribution in [2.45, 2.75) is 13.8 Å². The van der Waals surface area contributed by atoms with E-state index in [-0.39, 0.29) is 5.69 Å². The minimum Gasteiger partial charge on any atom is -0.496 e. The summed E-state index contributed by atoms with van der Waals surface area (Å²) in [5.41, 5.74) is 3.50. The fourth-order valence-corrected chi connectivity index (χ4v) is 3.02. The lowest BCUT2D eigenvalue weighted by atomic mass is 10.0. The van der Waals surface area contributed by atoms with E-state index in [1.807, 2.05) is 26.0 Å². The summed E-state index contributed by atoms with van der Waals surface area (Å²) in [7, 11) is 3.20. The lowest BCUT2D eigenvalue weighted by molar-refractivity contribution is 0.0684. The Kier molecular flexibility index (Phi) is 3.85. The minimum absolute atomic E-state index is 0.112. The number of carbonyl (C=O) groups is 1. The second-order valence-corrected chi connectivity index (χ2v) is 5.40. The van der Waals surface area contributed by atoms with Crippen molar-refractivity contribution in [3.8, 4) is 17.0 Å².